The van der Waals surface area contributed by atoms with Crippen LogP contribution < -0.4 is 37.1 Å². The second-order valence-corrected chi connectivity index (χ2v) is 11.7. The standard InChI is InChI=1S/C28H35N9O4/c1-14-11-15(7-9-31-14)23(39)32-12-18-21-28(36-25(29)35-21)22(38)19(13-37(28)26(30)34-18)33-24(40)16-5-4-6-17-20(16)41-10-8-27(17,2)3/h4-7,9,11,18-19,21-22,38H,8,10,12-13H2,1-3H3,(H2,30,34)(H,32,39)(H,33,40)(H3,29,35,36)/p+1/t18-,19?,21-,22+,28?/m0/s1. The number of rotatable bonds is 5. The summed E-state index contributed by atoms with van der Waals surface area (Å²) in [6.07, 6.45) is 1.30. The lowest BCUT2D eigenvalue weighted by atomic mass is 9.79. The van der Waals surface area contributed by atoms with E-state index >= 15 is 0 Å². The number of carbonyl (C=O) groups excluding carboxylic acids is 2. The molecule has 1 saturated heterocycles. The first-order chi connectivity index (χ1) is 19.5. The van der Waals surface area contributed by atoms with Gasteiger partial charge in [0.25, 0.3) is 11.8 Å². The molecule has 2 aromatic rings. The van der Waals surface area contributed by atoms with E-state index < -0.39 is 29.9 Å². The molecule has 4 aliphatic heterocycles. The SMILES string of the molecule is Cc1cc(C(=O)NC[C@@H]2N=C(N)N3CC(NC(=O)c4cccc5c4OCCC5(C)C)[C@@H](O)C34NC(N)=[NH+][C@@H]24)ccn1. The molecule has 1 aromatic heterocycles. The Morgan fingerprint density at radius 3 is 2.85 bits per heavy atom. The van der Waals surface area contributed by atoms with Crippen molar-refractivity contribution in [2.75, 3.05) is 19.7 Å². The summed E-state index contributed by atoms with van der Waals surface area (Å²) in [5.74, 6) is 0.345. The fourth-order valence-corrected chi connectivity index (χ4v) is 6.47. The third-order valence-corrected chi connectivity index (χ3v) is 8.65. The third-order valence-electron chi connectivity index (χ3n) is 8.65. The molecule has 0 aliphatic carbocycles. The second-order valence-electron chi connectivity index (χ2n) is 11.7. The number of ether oxygens (including phenoxy) is 1. The number of pyridine rings is 1. The Morgan fingerprint density at radius 1 is 1.27 bits per heavy atom. The number of fused-ring (bicyclic) bond motifs is 1. The van der Waals surface area contributed by atoms with Crippen LogP contribution in [0.5, 0.6) is 5.75 Å². The highest BCUT2D eigenvalue weighted by atomic mass is 16.5. The second kappa shape index (κ2) is 9.61. The minimum atomic E-state index is -1.19. The van der Waals surface area contributed by atoms with Crippen molar-refractivity contribution in [2.24, 2.45) is 16.5 Å². The van der Waals surface area contributed by atoms with Crippen LogP contribution in [-0.4, -0.2) is 88.3 Å². The minimum Gasteiger partial charge on any atom is -0.492 e. The monoisotopic (exact) mass is 562 g/mol. The maximum Gasteiger partial charge on any atom is 0.343 e. The summed E-state index contributed by atoms with van der Waals surface area (Å²) in [6.45, 7) is 6.92. The van der Waals surface area contributed by atoms with Gasteiger partial charge in [-0.2, -0.15) is 0 Å². The van der Waals surface area contributed by atoms with Crippen LogP contribution in [0.3, 0.4) is 0 Å². The van der Waals surface area contributed by atoms with E-state index in [2.05, 4.69) is 44.8 Å². The van der Waals surface area contributed by atoms with E-state index in [4.69, 9.17) is 16.2 Å². The number of carbonyl (C=O) groups is 2. The zero-order chi connectivity index (χ0) is 29.1. The van der Waals surface area contributed by atoms with Crippen molar-refractivity contribution in [3.63, 3.8) is 0 Å². The average molecular weight is 563 g/mol. The molecule has 13 nitrogen and oxygen atoms in total. The number of amides is 2. The number of benzene rings is 1. The van der Waals surface area contributed by atoms with Gasteiger partial charge in [-0.05, 0) is 37.0 Å². The zero-order valence-electron chi connectivity index (χ0n) is 23.3. The molecule has 5 heterocycles. The molecule has 9 N–H and O–H groups in total. The van der Waals surface area contributed by atoms with E-state index in [0.29, 0.717) is 23.5 Å². The van der Waals surface area contributed by atoms with Crippen LogP contribution in [0, 0.1) is 6.92 Å². The van der Waals surface area contributed by atoms with Gasteiger partial charge >= 0.3 is 5.96 Å². The Kier molecular flexibility index (Phi) is 6.29. The number of hydrogen-bond donors (Lipinski definition) is 7. The van der Waals surface area contributed by atoms with Crippen molar-refractivity contribution in [1.82, 2.24) is 25.8 Å². The number of aryl methyl sites for hydroxylation is 1. The largest absolute Gasteiger partial charge is 0.492 e. The highest BCUT2D eigenvalue weighted by Gasteiger charge is 2.68. The number of nitrogens with one attached hydrogen (secondary N) is 4. The highest BCUT2D eigenvalue weighted by molar-refractivity contribution is 5.98. The van der Waals surface area contributed by atoms with E-state index in [1.807, 2.05) is 19.1 Å². The lowest BCUT2D eigenvalue weighted by molar-refractivity contribution is -0.513. The average Bonchev–Trinajstić information content (AvgIpc) is 3.43. The first kappa shape index (κ1) is 26.8. The Bertz CT molecular complexity index is 1470. The van der Waals surface area contributed by atoms with Crippen molar-refractivity contribution < 1.29 is 24.4 Å². The molecule has 5 atom stereocenters. The maximum absolute atomic E-state index is 13.6. The molecule has 0 bridgehead atoms. The van der Waals surface area contributed by atoms with Crippen LogP contribution in [0.15, 0.2) is 41.5 Å². The van der Waals surface area contributed by atoms with Crippen LogP contribution in [0.1, 0.15) is 52.2 Å². The highest BCUT2D eigenvalue weighted by Crippen LogP contribution is 2.41. The van der Waals surface area contributed by atoms with Crippen LogP contribution in [0.2, 0.25) is 0 Å². The van der Waals surface area contributed by atoms with Gasteiger partial charge < -0.3 is 31.1 Å². The third kappa shape index (κ3) is 4.31. The number of para-hydroxylation sites is 1. The molecular formula is C28H36N9O4+. The quantitative estimate of drug-likeness (QED) is 0.205. The number of hydrogen-bond acceptors (Lipinski definition) is 10. The molecule has 1 spiro atoms. The number of nitrogens with zero attached hydrogens (tertiary/aromatic N) is 3. The molecule has 13 heteroatoms. The smallest absolute Gasteiger partial charge is 0.343 e. The van der Waals surface area contributed by atoms with Crippen molar-refractivity contribution in [3.8, 4) is 5.75 Å². The number of guanidine groups is 2. The fraction of sp³-hybridized carbons (Fsp3) is 0.464. The number of nitrogens with two attached hydrogens (primary N) is 2. The van der Waals surface area contributed by atoms with Gasteiger partial charge in [0.1, 0.15) is 17.9 Å². The van der Waals surface area contributed by atoms with Gasteiger partial charge in [-0.15, -0.1) is 0 Å². The normalized spacial score (nSPS) is 29.1. The summed E-state index contributed by atoms with van der Waals surface area (Å²) >= 11 is 0. The number of aromatic nitrogens is 1. The first-order valence-corrected chi connectivity index (χ1v) is 13.8. The topological polar surface area (TPSA) is 194 Å². The number of aliphatic hydroxyl groups is 1. The molecule has 2 amide bonds. The maximum atomic E-state index is 13.6. The van der Waals surface area contributed by atoms with E-state index in [1.54, 1.807) is 29.3 Å². The molecule has 41 heavy (non-hydrogen) atoms. The zero-order valence-corrected chi connectivity index (χ0v) is 23.3. The minimum absolute atomic E-state index is 0.123. The van der Waals surface area contributed by atoms with Gasteiger partial charge in [0, 0.05) is 36.1 Å². The van der Waals surface area contributed by atoms with Gasteiger partial charge in [-0.3, -0.25) is 25.3 Å². The number of aliphatic imine (C=N–C) groups is 1. The summed E-state index contributed by atoms with van der Waals surface area (Å²) < 4.78 is 5.94. The molecule has 1 aromatic carbocycles. The molecule has 0 radical (unpaired) electrons. The Labute approximate surface area is 237 Å². The number of aliphatic hydroxyl groups excluding tert-OH is 1. The Hall–Kier alpha value is -4.39. The van der Waals surface area contributed by atoms with Crippen molar-refractivity contribution in [3.05, 3.63) is 58.9 Å². The summed E-state index contributed by atoms with van der Waals surface area (Å²) in [5, 5.41) is 20.8. The van der Waals surface area contributed by atoms with Gasteiger partial charge in [0.2, 0.25) is 5.66 Å². The van der Waals surface area contributed by atoms with Crippen LogP contribution >= 0.6 is 0 Å². The van der Waals surface area contributed by atoms with Gasteiger partial charge in [-0.25, -0.2) is 10.3 Å². The van der Waals surface area contributed by atoms with E-state index in [0.717, 1.165) is 17.7 Å². The Balaban J connectivity index is 1.23. The molecule has 0 saturated carbocycles. The predicted molar refractivity (Wildman–Crippen MR) is 150 cm³/mol. The van der Waals surface area contributed by atoms with E-state index in [-0.39, 0.29) is 42.2 Å². The molecular weight excluding hydrogens is 526 g/mol. The van der Waals surface area contributed by atoms with Crippen molar-refractivity contribution in [2.45, 2.75) is 62.5 Å². The van der Waals surface area contributed by atoms with Crippen LogP contribution in [0.25, 0.3) is 0 Å². The summed E-state index contributed by atoms with van der Waals surface area (Å²) in [4.78, 5) is 40.1. The van der Waals surface area contributed by atoms with Crippen molar-refractivity contribution in [1.29, 1.82) is 0 Å². The van der Waals surface area contributed by atoms with Gasteiger partial charge in [0.05, 0.1) is 18.2 Å². The van der Waals surface area contributed by atoms with Crippen LogP contribution in [0.4, 0.5) is 0 Å². The van der Waals surface area contributed by atoms with Gasteiger partial charge in [0.15, 0.2) is 12.0 Å². The molecule has 6 rings (SSSR count). The fourth-order valence-electron chi connectivity index (χ4n) is 6.47. The van der Waals surface area contributed by atoms with Crippen LogP contribution in [-0.2, 0) is 5.41 Å². The molecule has 4 aliphatic rings. The molecule has 1 fully saturated rings. The predicted octanol–water partition coefficient (Wildman–Crippen LogP) is -2.58. The van der Waals surface area contributed by atoms with Gasteiger partial charge in [-0.1, -0.05) is 26.0 Å². The Morgan fingerprint density at radius 2 is 2.07 bits per heavy atom. The lowest BCUT2D eigenvalue weighted by Crippen LogP contribution is -2.88. The van der Waals surface area contributed by atoms with E-state index in [9.17, 15) is 14.7 Å². The molecule has 216 valence electrons. The summed E-state index contributed by atoms with van der Waals surface area (Å²) in [5.41, 5.74) is 13.9. The lowest BCUT2D eigenvalue weighted by Gasteiger charge is -2.43. The first-order valence-electron chi connectivity index (χ1n) is 13.8. The van der Waals surface area contributed by atoms with E-state index in [1.165, 1.54) is 0 Å². The molecule has 2 unspecified atom stereocenters. The summed E-state index contributed by atoms with van der Waals surface area (Å²) in [7, 11) is 0. The van der Waals surface area contributed by atoms with Crippen molar-refractivity contribution >= 4 is 23.7 Å². The summed E-state index contributed by atoms with van der Waals surface area (Å²) in [6, 6.07) is 7.06.